The lowest BCUT2D eigenvalue weighted by atomic mass is 9.88. The van der Waals surface area contributed by atoms with Crippen molar-refractivity contribution in [3.05, 3.63) is 29.3 Å². The van der Waals surface area contributed by atoms with Crippen molar-refractivity contribution in [3.8, 4) is 5.75 Å². The number of ether oxygens (including phenoxy) is 2. The number of fused-ring (bicyclic) bond motifs is 1. The van der Waals surface area contributed by atoms with Crippen LogP contribution in [0, 0.1) is 0 Å². The Hall–Kier alpha value is -2.04. The van der Waals surface area contributed by atoms with Crippen molar-refractivity contribution >= 4 is 11.9 Å². The van der Waals surface area contributed by atoms with E-state index >= 15 is 0 Å². The number of nitrogens with one attached hydrogen (secondary N) is 1. The van der Waals surface area contributed by atoms with Crippen LogP contribution >= 0.6 is 0 Å². The van der Waals surface area contributed by atoms with E-state index in [2.05, 4.69) is 5.32 Å². The van der Waals surface area contributed by atoms with Crippen LogP contribution in [0.5, 0.6) is 5.75 Å². The summed E-state index contributed by atoms with van der Waals surface area (Å²) in [6, 6.07) is 6.02. The molecule has 1 amide bonds. The second-order valence-corrected chi connectivity index (χ2v) is 5.16. The van der Waals surface area contributed by atoms with E-state index in [0.29, 0.717) is 12.4 Å². The number of aryl methyl sites for hydroxylation is 1. The van der Waals surface area contributed by atoms with Gasteiger partial charge in [-0.1, -0.05) is 6.07 Å². The summed E-state index contributed by atoms with van der Waals surface area (Å²) in [5, 5.41) is 2.96. The van der Waals surface area contributed by atoms with Gasteiger partial charge in [-0.15, -0.1) is 0 Å². The lowest BCUT2D eigenvalue weighted by Gasteiger charge is -2.25. The van der Waals surface area contributed by atoms with Crippen molar-refractivity contribution in [2.24, 2.45) is 0 Å². The van der Waals surface area contributed by atoms with E-state index in [1.54, 1.807) is 6.92 Å². The minimum atomic E-state index is -0.369. The molecule has 0 saturated carbocycles. The molecular formula is C16H21NO4. The van der Waals surface area contributed by atoms with Crippen molar-refractivity contribution in [3.63, 3.8) is 0 Å². The molecule has 0 spiro atoms. The fraction of sp³-hybridized carbons (Fsp3) is 0.500. The molecule has 5 heteroatoms. The molecule has 1 atom stereocenters. The van der Waals surface area contributed by atoms with E-state index in [-0.39, 0.29) is 24.5 Å². The van der Waals surface area contributed by atoms with Gasteiger partial charge in [0.1, 0.15) is 5.75 Å². The zero-order valence-corrected chi connectivity index (χ0v) is 12.5. The molecule has 5 nitrogen and oxygen atoms in total. The molecule has 1 aliphatic rings. The number of amides is 1. The van der Waals surface area contributed by atoms with Crippen molar-refractivity contribution < 1.29 is 19.1 Å². The molecule has 114 valence electrons. The lowest BCUT2D eigenvalue weighted by Crippen LogP contribution is -2.37. The van der Waals surface area contributed by atoms with E-state index in [0.717, 1.165) is 19.3 Å². The summed E-state index contributed by atoms with van der Waals surface area (Å²) in [5.41, 5.74) is 2.45. The molecule has 0 heterocycles. The standard InChI is InChI=1S/C16H21NO4/c1-3-20-16(19)10-21-15-7-5-12-4-6-14(17-11(2)18)8-13(12)9-15/h5,7,9,14H,3-4,6,8,10H2,1-2H3,(H,17,18)/t14-/m0/s1. The second-order valence-electron chi connectivity index (χ2n) is 5.16. The van der Waals surface area contributed by atoms with Crippen LogP contribution in [0.1, 0.15) is 31.4 Å². The van der Waals surface area contributed by atoms with E-state index < -0.39 is 0 Å². The quantitative estimate of drug-likeness (QED) is 0.837. The van der Waals surface area contributed by atoms with E-state index in [1.807, 2.05) is 18.2 Å². The van der Waals surface area contributed by atoms with Crippen molar-refractivity contribution in [2.75, 3.05) is 13.2 Å². The Morgan fingerprint density at radius 2 is 2.14 bits per heavy atom. The first kappa shape index (κ1) is 15.4. The Morgan fingerprint density at radius 1 is 1.33 bits per heavy atom. The van der Waals surface area contributed by atoms with Crippen LogP contribution < -0.4 is 10.1 Å². The first-order valence-electron chi connectivity index (χ1n) is 7.25. The van der Waals surface area contributed by atoms with Gasteiger partial charge in [-0.2, -0.15) is 0 Å². The molecular weight excluding hydrogens is 270 g/mol. The van der Waals surface area contributed by atoms with Crippen LogP contribution in [0.4, 0.5) is 0 Å². The summed E-state index contributed by atoms with van der Waals surface area (Å²) in [4.78, 5) is 22.4. The van der Waals surface area contributed by atoms with Gasteiger partial charge in [-0.3, -0.25) is 4.79 Å². The van der Waals surface area contributed by atoms with Gasteiger partial charge in [0.25, 0.3) is 0 Å². The molecule has 21 heavy (non-hydrogen) atoms. The molecule has 0 unspecified atom stereocenters. The van der Waals surface area contributed by atoms with Crippen LogP contribution in [0.15, 0.2) is 18.2 Å². The number of esters is 1. The smallest absolute Gasteiger partial charge is 0.344 e. The van der Waals surface area contributed by atoms with Gasteiger partial charge in [0.2, 0.25) is 5.91 Å². The monoisotopic (exact) mass is 291 g/mol. The Labute approximate surface area is 124 Å². The molecule has 0 aliphatic heterocycles. The molecule has 1 aromatic carbocycles. The average molecular weight is 291 g/mol. The predicted octanol–water partition coefficient (Wildman–Crippen LogP) is 1.62. The number of benzene rings is 1. The number of carbonyl (C=O) groups is 2. The zero-order chi connectivity index (χ0) is 15.2. The van der Waals surface area contributed by atoms with Crippen LogP contribution in [-0.4, -0.2) is 31.1 Å². The maximum Gasteiger partial charge on any atom is 0.344 e. The molecule has 0 saturated heterocycles. The highest BCUT2D eigenvalue weighted by atomic mass is 16.6. The van der Waals surface area contributed by atoms with Crippen LogP contribution in [0.2, 0.25) is 0 Å². The highest BCUT2D eigenvalue weighted by molar-refractivity contribution is 5.73. The Bertz CT molecular complexity index is 527. The molecule has 0 radical (unpaired) electrons. The first-order valence-corrected chi connectivity index (χ1v) is 7.25. The Kier molecular flexibility index (Phi) is 5.20. The third-order valence-corrected chi connectivity index (χ3v) is 3.48. The molecule has 0 bridgehead atoms. The minimum absolute atomic E-state index is 0.00170. The zero-order valence-electron chi connectivity index (χ0n) is 12.5. The van der Waals surface area contributed by atoms with Crippen LogP contribution in [0.3, 0.4) is 0 Å². The summed E-state index contributed by atoms with van der Waals surface area (Å²) in [6.07, 6.45) is 2.69. The van der Waals surface area contributed by atoms with E-state index in [4.69, 9.17) is 9.47 Å². The van der Waals surface area contributed by atoms with Crippen LogP contribution in [-0.2, 0) is 27.2 Å². The van der Waals surface area contributed by atoms with Crippen molar-refractivity contribution in [1.82, 2.24) is 5.32 Å². The van der Waals surface area contributed by atoms with E-state index in [1.165, 1.54) is 18.1 Å². The highest BCUT2D eigenvalue weighted by Crippen LogP contribution is 2.25. The minimum Gasteiger partial charge on any atom is -0.482 e. The highest BCUT2D eigenvalue weighted by Gasteiger charge is 2.19. The summed E-state index contributed by atoms with van der Waals surface area (Å²) in [5.74, 6) is 0.287. The maximum absolute atomic E-state index is 11.3. The van der Waals surface area contributed by atoms with Gasteiger partial charge in [-0.25, -0.2) is 4.79 Å². The summed E-state index contributed by atoms with van der Waals surface area (Å²) in [6.45, 7) is 3.57. The first-order chi connectivity index (χ1) is 10.1. The normalized spacial score (nSPS) is 16.8. The van der Waals surface area contributed by atoms with Crippen molar-refractivity contribution in [1.29, 1.82) is 0 Å². The van der Waals surface area contributed by atoms with Gasteiger partial charge in [-0.05, 0) is 49.4 Å². The lowest BCUT2D eigenvalue weighted by molar-refractivity contribution is -0.145. The Balaban J connectivity index is 1.98. The second kappa shape index (κ2) is 7.11. The fourth-order valence-electron chi connectivity index (χ4n) is 2.58. The molecule has 0 aromatic heterocycles. The summed E-state index contributed by atoms with van der Waals surface area (Å²) >= 11 is 0. The van der Waals surface area contributed by atoms with Gasteiger partial charge >= 0.3 is 5.97 Å². The van der Waals surface area contributed by atoms with Crippen LogP contribution in [0.25, 0.3) is 0 Å². The van der Waals surface area contributed by atoms with Crippen molar-refractivity contribution in [2.45, 2.75) is 39.2 Å². The topological polar surface area (TPSA) is 64.6 Å². The van der Waals surface area contributed by atoms with Gasteiger partial charge in [0.05, 0.1) is 6.61 Å². The Morgan fingerprint density at radius 3 is 2.86 bits per heavy atom. The molecule has 2 rings (SSSR count). The number of hydrogen-bond acceptors (Lipinski definition) is 4. The SMILES string of the molecule is CCOC(=O)COc1ccc2c(c1)C[C@@H](NC(C)=O)CC2. The third kappa shape index (κ3) is 4.48. The van der Waals surface area contributed by atoms with Gasteiger partial charge in [0.15, 0.2) is 6.61 Å². The average Bonchev–Trinajstić information content (AvgIpc) is 2.44. The number of rotatable bonds is 5. The maximum atomic E-state index is 11.3. The third-order valence-electron chi connectivity index (χ3n) is 3.48. The molecule has 1 N–H and O–H groups in total. The largest absolute Gasteiger partial charge is 0.482 e. The number of carbonyl (C=O) groups excluding carboxylic acids is 2. The summed E-state index contributed by atoms with van der Waals surface area (Å²) in [7, 11) is 0. The fourth-order valence-corrected chi connectivity index (χ4v) is 2.58. The predicted molar refractivity (Wildman–Crippen MR) is 78.2 cm³/mol. The van der Waals surface area contributed by atoms with Gasteiger partial charge in [0, 0.05) is 13.0 Å². The number of hydrogen-bond donors (Lipinski definition) is 1. The molecule has 1 aromatic rings. The molecule has 0 fully saturated rings. The summed E-state index contributed by atoms with van der Waals surface area (Å²) < 4.78 is 10.3. The van der Waals surface area contributed by atoms with Gasteiger partial charge < -0.3 is 14.8 Å². The molecule has 1 aliphatic carbocycles. The van der Waals surface area contributed by atoms with E-state index in [9.17, 15) is 9.59 Å².